The molecule has 0 aliphatic carbocycles. The fourth-order valence-electron chi connectivity index (χ4n) is 3.75. The normalized spacial score (nSPS) is 10.9. The minimum Gasteiger partial charge on any atom is -0.497 e. The summed E-state index contributed by atoms with van der Waals surface area (Å²) in [5, 5.41) is 10.4. The molecule has 0 bridgehead atoms. The van der Waals surface area contributed by atoms with Crippen LogP contribution in [-0.4, -0.2) is 41.9 Å². The molecule has 0 unspecified atom stereocenters. The van der Waals surface area contributed by atoms with Gasteiger partial charge in [0.2, 0.25) is 11.0 Å². The number of anilines is 2. The van der Waals surface area contributed by atoms with E-state index in [1.165, 1.54) is 22.5 Å². The predicted octanol–water partition coefficient (Wildman–Crippen LogP) is 4.79. The van der Waals surface area contributed by atoms with Crippen molar-refractivity contribution in [1.82, 2.24) is 14.8 Å². The monoisotopic (exact) mass is 475 g/mol. The number of benzene rings is 2. The number of aromatic nitrogens is 3. The Balaban J connectivity index is 1.44. The van der Waals surface area contributed by atoms with Crippen LogP contribution < -0.4 is 15.0 Å². The van der Waals surface area contributed by atoms with E-state index < -0.39 is 0 Å². The highest BCUT2D eigenvalue weighted by Gasteiger charge is 2.16. The SMILES string of the molecule is COc1ccc(Cc2c(C)nn(-c3nc(CC(=O)Nc4ccc(N(C)C)cc4)cs3)c2C)cc1. The third-order valence-corrected chi connectivity index (χ3v) is 6.58. The van der Waals surface area contributed by atoms with Crippen molar-refractivity contribution in [3.05, 3.63) is 82.1 Å². The standard InChI is InChI=1S/C26H29N5O2S/c1-17-24(14-19-6-12-23(33-5)13-7-19)18(2)31(29-17)26-28-21(16-34-26)15-25(32)27-20-8-10-22(11-9-20)30(3)4/h6-13,16H,14-15H2,1-5H3,(H,27,32). The smallest absolute Gasteiger partial charge is 0.230 e. The van der Waals surface area contributed by atoms with Crippen LogP contribution in [0.4, 0.5) is 11.4 Å². The van der Waals surface area contributed by atoms with E-state index in [4.69, 9.17) is 9.84 Å². The number of nitrogens with one attached hydrogen (secondary N) is 1. The van der Waals surface area contributed by atoms with Crippen LogP contribution in [0.15, 0.2) is 53.9 Å². The lowest BCUT2D eigenvalue weighted by Gasteiger charge is -2.12. The van der Waals surface area contributed by atoms with Crippen molar-refractivity contribution < 1.29 is 9.53 Å². The van der Waals surface area contributed by atoms with Crippen LogP contribution in [0.3, 0.4) is 0 Å². The quantitative estimate of drug-likeness (QED) is 0.397. The topological polar surface area (TPSA) is 72.3 Å². The van der Waals surface area contributed by atoms with E-state index >= 15 is 0 Å². The summed E-state index contributed by atoms with van der Waals surface area (Å²) >= 11 is 1.49. The van der Waals surface area contributed by atoms with Crippen molar-refractivity contribution in [2.45, 2.75) is 26.7 Å². The van der Waals surface area contributed by atoms with Gasteiger partial charge in [0, 0.05) is 48.5 Å². The summed E-state index contributed by atoms with van der Waals surface area (Å²) in [5.41, 5.74) is 6.99. The molecule has 2 aromatic carbocycles. The van der Waals surface area contributed by atoms with E-state index in [2.05, 4.69) is 29.4 Å². The zero-order valence-electron chi connectivity index (χ0n) is 20.1. The van der Waals surface area contributed by atoms with Crippen LogP contribution in [0.25, 0.3) is 5.13 Å². The fourth-order valence-corrected chi connectivity index (χ4v) is 4.58. The van der Waals surface area contributed by atoms with Crippen LogP contribution in [0.1, 0.15) is 28.2 Å². The summed E-state index contributed by atoms with van der Waals surface area (Å²) in [5.74, 6) is 0.751. The van der Waals surface area contributed by atoms with Gasteiger partial charge in [-0.2, -0.15) is 5.10 Å². The Hall–Kier alpha value is -3.65. The first-order chi connectivity index (χ1) is 16.3. The molecule has 1 N–H and O–H groups in total. The van der Waals surface area contributed by atoms with Gasteiger partial charge in [-0.05, 0) is 55.8 Å². The van der Waals surface area contributed by atoms with E-state index in [-0.39, 0.29) is 12.3 Å². The third-order valence-electron chi connectivity index (χ3n) is 5.71. The van der Waals surface area contributed by atoms with Crippen LogP contribution in [0.2, 0.25) is 0 Å². The van der Waals surface area contributed by atoms with E-state index in [0.29, 0.717) is 0 Å². The summed E-state index contributed by atoms with van der Waals surface area (Å²) in [6, 6.07) is 15.8. The number of ether oxygens (including phenoxy) is 1. The second-order valence-electron chi connectivity index (χ2n) is 8.37. The lowest BCUT2D eigenvalue weighted by atomic mass is 10.0. The zero-order chi connectivity index (χ0) is 24.2. The Morgan fingerprint density at radius 2 is 1.79 bits per heavy atom. The number of carbonyl (C=O) groups excluding carboxylic acids is 1. The molecule has 34 heavy (non-hydrogen) atoms. The highest BCUT2D eigenvalue weighted by molar-refractivity contribution is 7.12. The van der Waals surface area contributed by atoms with Crippen molar-refractivity contribution in [3.63, 3.8) is 0 Å². The fraction of sp³-hybridized carbons (Fsp3) is 0.269. The molecule has 0 spiro atoms. The molecule has 0 saturated heterocycles. The van der Waals surface area contributed by atoms with Gasteiger partial charge in [-0.15, -0.1) is 11.3 Å². The Morgan fingerprint density at radius 3 is 2.44 bits per heavy atom. The highest BCUT2D eigenvalue weighted by atomic mass is 32.1. The van der Waals surface area contributed by atoms with Gasteiger partial charge in [0.1, 0.15) is 5.75 Å². The van der Waals surface area contributed by atoms with Gasteiger partial charge in [-0.25, -0.2) is 9.67 Å². The van der Waals surface area contributed by atoms with Crippen LogP contribution >= 0.6 is 11.3 Å². The Bertz CT molecular complexity index is 1270. The maximum atomic E-state index is 12.5. The van der Waals surface area contributed by atoms with E-state index in [9.17, 15) is 4.79 Å². The molecule has 0 fully saturated rings. The molecule has 4 aromatic rings. The first kappa shape index (κ1) is 23.5. The Labute approximate surface area is 204 Å². The predicted molar refractivity (Wildman–Crippen MR) is 138 cm³/mol. The third kappa shape index (κ3) is 5.28. The first-order valence-corrected chi connectivity index (χ1v) is 11.9. The largest absolute Gasteiger partial charge is 0.497 e. The van der Waals surface area contributed by atoms with Crippen molar-refractivity contribution in [2.75, 3.05) is 31.4 Å². The van der Waals surface area contributed by atoms with Crippen molar-refractivity contribution in [3.8, 4) is 10.9 Å². The average Bonchev–Trinajstić information content (AvgIpc) is 3.39. The Morgan fingerprint density at radius 1 is 1.09 bits per heavy atom. The van der Waals surface area contributed by atoms with Gasteiger partial charge in [0.05, 0.1) is 24.9 Å². The molecule has 1 amide bonds. The van der Waals surface area contributed by atoms with Crippen LogP contribution in [0.5, 0.6) is 5.75 Å². The number of thiazole rings is 1. The minimum absolute atomic E-state index is 0.0944. The van der Waals surface area contributed by atoms with Gasteiger partial charge >= 0.3 is 0 Å². The lowest BCUT2D eigenvalue weighted by molar-refractivity contribution is -0.115. The molecular weight excluding hydrogens is 446 g/mol. The number of nitrogens with zero attached hydrogens (tertiary/aromatic N) is 4. The molecule has 176 valence electrons. The number of rotatable bonds is 8. The lowest BCUT2D eigenvalue weighted by Crippen LogP contribution is -2.15. The van der Waals surface area contributed by atoms with E-state index in [1.807, 2.05) is 72.4 Å². The summed E-state index contributed by atoms with van der Waals surface area (Å²) in [4.78, 5) is 19.2. The molecule has 7 nitrogen and oxygen atoms in total. The molecule has 0 aliphatic heterocycles. The van der Waals surface area contributed by atoms with Gasteiger partial charge < -0.3 is 15.0 Å². The van der Waals surface area contributed by atoms with E-state index in [1.54, 1.807) is 7.11 Å². The molecule has 0 radical (unpaired) electrons. The number of hydrogen-bond donors (Lipinski definition) is 1. The first-order valence-electron chi connectivity index (χ1n) is 11.0. The molecule has 8 heteroatoms. The summed E-state index contributed by atoms with van der Waals surface area (Å²) in [6.45, 7) is 4.08. The number of hydrogen-bond acceptors (Lipinski definition) is 6. The van der Waals surface area contributed by atoms with Crippen LogP contribution in [-0.2, 0) is 17.6 Å². The van der Waals surface area contributed by atoms with E-state index in [0.717, 1.165) is 45.8 Å². The number of aryl methyl sites for hydroxylation is 1. The van der Waals surface area contributed by atoms with Crippen LogP contribution in [0, 0.1) is 13.8 Å². The second kappa shape index (κ2) is 10.1. The van der Waals surface area contributed by atoms with Gasteiger partial charge in [-0.3, -0.25) is 4.79 Å². The summed E-state index contributed by atoms with van der Waals surface area (Å²) in [7, 11) is 5.64. The Kier molecular flexibility index (Phi) is 6.98. The number of methoxy groups -OCH3 is 1. The molecule has 4 rings (SSSR count). The number of carbonyl (C=O) groups is 1. The number of amides is 1. The van der Waals surface area contributed by atoms with Crippen molar-refractivity contribution in [1.29, 1.82) is 0 Å². The highest BCUT2D eigenvalue weighted by Crippen LogP contribution is 2.24. The van der Waals surface area contributed by atoms with Gasteiger partial charge in [-0.1, -0.05) is 12.1 Å². The van der Waals surface area contributed by atoms with Crippen molar-refractivity contribution in [2.24, 2.45) is 0 Å². The molecule has 0 atom stereocenters. The maximum Gasteiger partial charge on any atom is 0.230 e. The molecule has 2 aromatic heterocycles. The van der Waals surface area contributed by atoms with Gasteiger partial charge in [0.25, 0.3) is 0 Å². The maximum absolute atomic E-state index is 12.5. The van der Waals surface area contributed by atoms with Crippen molar-refractivity contribution >= 4 is 28.6 Å². The van der Waals surface area contributed by atoms with Gasteiger partial charge in [0.15, 0.2) is 0 Å². The second-order valence-corrected chi connectivity index (χ2v) is 9.21. The summed E-state index contributed by atoms with van der Waals surface area (Å²) in [6.07, 6.45) is 0.999. The average molecular weight is 476 g/mol. The molecule has 2 heterocycles. The molecule has 0 saturated carbocycles. The molecular formula is C26H29N5O2S. The zero-order valence-corrected chi connectivity index (χ0v) is 20.9. The summed E-state index contributed by atoms with van der Waals surface area (Å²) < 4.78 is 7.13. The minimum atomic E-state index is -0.0944. The molecule has 0 aliphatic rings.